The molecule has 122 valence electrons. The van der Waals surface area contributed by atoms with Gasteiger partial charge in [0.15, 0.2) is 0 Å². The van der Waals surface area contributed by atoms with Gasteiger partial charge in [-0.25, -0.2) is 4.79 Å². The molecule has 0 heterocycles. The van der Waals surface area contributed by atoms with E-state index in [1.54, 1.807) is 36.4 Å². The highest BCUT2D eigenvalue weighted by molar-refractivity contribution is 5.97. The van der Waals surface area contributed by atoms with E-state index in [4.69, 9.17) is 5.26 Å². The second-order valence-electron chi connectivity index (χ2n) is 5.76. The van der Waals surface area contributed by atoms with Gasteiger partial charge in [-0.15, -0.1) is 0 Å². The molecule has 0 aromatic heterocycles. The Morgan fingerprint density at radius 2 is 1.83 bits per heavy atom. The molecule has 24 heavy (non-hydrogen) atoms. The van der Waals surface area contributed by atoms with Crippen LogP contribution in [0.5, 0.6) is 0 Å². The van der Waals surface area contributed by atoms with Crippen LogP contribution in [0.25, 0.3) is 0 Å². The van der Waals surface area contributed by atoms with Crippen molar-refractivity contribution in [2.45, 2.75) is 26.3 Å². The molecular formula is C19H18N2O3. The van der Waals surface area contributed by atoms with Crippen LogP contribution in [0.3, 0.4) is 0 Å². The van der Waals surface area contributed by atoms with Crippen LogP contribution in [0, 0.1) is 25.2 Å². The van der Waals surface area contributed by atoms with Crippen molar-refractivity contribution in [3.63, 3.8) is 0 Å². The van der Waals surface area contributed by atoms with E-state index in [0.717, 1.165) is 11.1 Å². The summed E-state index contributed by atoms with van der Waals surface area (Å²) in [5.74, 6) is -1.54. The van der Waals surface area contributed by atoms with Crippen molar-refractivity contribution in [2.24, 2.45) is 0 Å². The summed E-state index contributed by atoms with van der Waals surface area (Å²) in [5, 5.41) is 20.9. The molecule has 2 aromatic carbocycles. The Bertz CT molecular complexity index is 801. The van der Waals surface area contributed by atoms with Crippen LogP contribution >= 0.6 is 0 Å². The average Bonchev–Trinajstić information content (AvgIpc) is 2.53. The minimum atomic E-state index is -1.12. The van der Waals surface area contributed by atoms with Crippen LogP contribution in [-0.2, 0) is 11.2 Å². The zero-order valence-corrected chi connectivity index (χ0v) is 13.5. The van der Waals surface area contributed by atoms with Gasteiger partial charge in [0, 0.05) is 12.0 Å². The maximum atomic E-state index is 12.4. The molecule has 1 atom stereocenters. The standard InChI is InChI=1S/C19H18N2O3/c1-12-6-13(2)8-16(7-12)18(22)21-17(19(23)24)10-14-4-3-5-15(9-14)11-20/h3-9,17H,10H2,1-2H3,(H,21,22)(H,23,24)/t17-/m0/s1. The lowest BCUT2D eigenvalue weighted by atomic mass is 10.0. The number of rotatable bonds is 5. The molecule has 0 aliphatic rings. The Kier molecular flexibility index (Phi) is 5.33. The number of carboxylic acids is 1. The van der Waals surface area contributed by atoms with Crippen molar-refractivity contribution < 1.29 is 14.7 Å². The zero-order chi connectivity index (χ0) is 17.7. The van der Waals surface area contributed by atoms with E-state index in [2.05, 4.69) is 5.32 Å². The first-order valence-corrected chi connectivity index (χ1v) is 7.50. The van der Waals surface area contributed by atoms with Gasteiger partial charge in [0.05, 0.1) is 11.6 Å². The number of hydrogen-bond acceptors (Lipinski definition) is 3. The first-order valence-electron chi connectivity index (χ1n) is 7.50. The van der Waals surface area contributed by atoms with Crippen molar-refractivity contribution in [1.82, 2.24) is 5.32 Å². The molecule has 0 aliphatic carbocycles. The molecule has 0 spiro atoms. The molecular weight excluding hydrogens is 304 g/mol. The third-order valence-corrected chi connectivity index (χ3v) is 3.58. The maximum Gasteiger partial charge on any atom is 0.326 e. The summed E-state index contributed by atoms with van der Waals surface area (Å²) in [6.07, 6.45) is 0.112. The molecule has 2 rings (SSSR count). The van der Waals surface area contributed by atoms with E-state index in [1.165, 1.54) is 0 Å². The number of nitrogens with zero attached hydrogens (tertiary/aromatic N) is 1. The molecule has 2 N–H and O–H groups in total. The summed E-state index contributed by atoms with van der Waals surface area (Å²) >= 11 is 0. The van der Waals surface area contributed by atoms with Gasteiger partial charge in [0.2, 0.25) is 0 Å². The fraction of sp³-hybridized carbons (Fsp3) is 0.211. The van der Waals surface area contributed by atoms with Gasteiger partial charge < -0.3 is 10.4 Å². The van der Waals surface area contributed by atoms with Crippen molar-refractivity contribution >= 4 is 11.9 Å². The predicted molar refractivity (Wildman–Crippen MR) is 89.7 cm³/mol. The van der Waals surface area contributed by atoms with Crippen LogP contribution in [-0.4, -0.2) is 23.0 Å². The number of nitriles is 1. The van der Waals surface area contributed by atoms with Crippen molar-refractivity contribution in [3.8, 4) is 6.07 Å². The molecule has 0 saturated carbocycles. The van der Waals surface area contributed by atoms with Gasteiger partial charge in [-0.3, -0.25) is 4.79 Å². The number of carbonyl (C=O) groups is 2. The molecule has 0 saturated heterocycles. The summed E-state index contributed by atoms with van der Waals surface area (Å²) in [6, 6.07) is 13.0. The van der Waals surface area contributed by atoms with E-state index in [-0.39, 0.29) is 6.42 Å². The Morgan fingerprint density at radius 3 is 2.42 bits per heavy atom. The molecule has 5 heteroatoms. The number of hydrogen-bond donors (Lipinski definition) is 2. The summed E-state index contributed by atoms with van der Waals surface area (Å²) in [5.41, 5.74) is 3.45. The van der Waals surface area contributed by atoms with E-state index < -0.39 is 17.9 Å². The molecule has 2 aromatic rings. The summed E-state index contributed by atoms with van der Waals surface area (Å²) in [6.45, 7) is 3.76. The van der Waals surface area contributed by atoms with E-state index in [9.17, 15) is 14.7 Å². The molecule has 0 unspecified atom stereocenters. The fourth-order valence-electron chi connectivity index (χ4n) is 2.55. The molecule has 1 amide bonds. The highest BCUT2D eigenvalue weighted by Crippen LogP contribution is 2.11. The summed E-state index contributed by atoms with van der Waals surface area (Å²) in [4.78, 5) is 23.8. The van der Waals surface area contributed by atoms with Crippen LogP contribution in [0.15, 0.2) is 42.5 Å². The lowest BCUT2D eigenvalue weighted by Gasteiger charge is -2.15. The SMILES string of the molecule is Cc1cc(C)cc(C(=O)N[C@@H](Cc2cccc(C#N)c2)C(=O)O)c1. The van der Waals surface area contributed by atoms with Crippen molar-refractivity contribution in [2.75, 3.05) is 0 Å². The molecule has 0 fully saturated rings. The number of carbonyl (C=O) groups excluding carboxylic acids is 1. The maximum absolute atomic E-state index is 12.4. The second-order valence-corrected chi connectivity index (χ2v) is 5.76. The molecule has 0 bridgehead atoms. The van der Waals surface area contributed by atoms with Gasteiger partial charge in [-0.2, -0.15) is 5.26 Å². The Hall–Kier alpha value is -3.13. The van der Waals surface area contributed by atoms with Crippen LogP contribution < -0.4 is 5.32 Å². The van der Waals surface area contributed by atoms with Gasteiger partial charge in [0.1, 0.15) is 6.04 Å². The lowest BCUT2D eigenvalue weighted by molar-refractivity contribution is -0.139. The Labute approximate surface area is 140 Å². The van der Waals surface area contributed by atoms with E-state index >= 15 is 0 Å². The predicted octanol–water partition coefficient (Wildman–Crippen LogP) is 2.60. The quantitative estimate of drug-likeness (QED) is 0.885. The Balaban J connectivity index is 2.17. The van der Waals surface area contributed by atoms with Gasteiger partial charge in [-0.05, 0) is 43.7 Å². The second kappa shape index (κ2) is 7.42. The number of aryl methyl sites for hydroxylation is 2. The van der Waals surface area contributed by atoms with Gasteiger partial charge >= 0.3 is 5.97 Å². The van der Waals surface area contributed by atoms with Gasteiger partial charge in [-0.1, -0.05) is 29.3 Å². The highest BCUT2D eigenvalue weighted by atomic mass is 16.4. The third-order valence-electron chi connectivity index (χ3n) is 3.58. The highest BCUT2D eigenvalue weighted by Gasteiger charge is 2.21. The average molecular weight is 322 g/mol. The minimum Gasteiger partial charge on any atom is -0.480 e. The normalized spacial score (nSPS) is 11.4. The largest absolute Gasteiger partial charge is 0.480 e. The number of carboxylic acid groups (broad SMARTS) is 1. The zero-order valence-electron chi connectivity index (χ0n) is 13.5. The van der Waals surface area contributed by atoms with E-state index in [0.29, 0.717) is 16.7 Å². The van der Waals surface area contributed by atoms with Crippen molar-refractivity contribution in [1.29, 1.82) is 5.26 Å². The van der Waals surface area contributed by atoms with E-state index in [1.807, 2.05) is 26.0 Å². The monoisotopic (exact) mass is 322 g/mol. The number of amides is 1. The minimum absolute atomic E-state index is 0.112. The Morgan fingerprint density at radius 1 is 1.17 bits per heavy atom. The van der Waals surface area contributed by atoms with Crippen molar-refractivity contribution in [3.05, 3.63) is 70.3 Å². The number of aliphatic carboxylic acids is 1. The first-order chi connectivity index (χ1) is 11.4. The first kappa shape index (κ1) is 17.2. The molecule has 0 radical (unpaired) electrons. The van der Waals surface area contributed by atoms with Gasteiger partial charge in [0.25, 0.3) is 5.91 Å². The number of benzene rings is 2. The number of nitrogens with one attached hydrogen (secondary N) is 1. The van der Waals surface area contributed by atoms with Crippen LogP contribution in [0.1, 0.15) is 32.6 Å². The fourth-order valence-corrected chi connectivity index (χ4v) is 2.55. The smallest absolute Gasteiger partial charge is 0.326 e. The summed E-state index contributed by atoms with van der Waals surface area (Å²) in [7, 11) is 0. The summed E-state index contributed by atoms with van der Waals surface area (Å²) < 4.78 is 0. The molecule has 0 aliphatic heterocycles. The third kappa shape index (κ3) is 4.43. The molecule has 5 nitrogen and oxygen atoms in total. The topological polar surface area (TPSA) is 90.2 Å². The van der Waals surface area contributed by atoms with Crippen LogP contribution in [0.4, 0.5) is 0 Å². The lowest BCUT2D eigenvalue weighted by Crippen LogP contribution is -2.42. The van der Waals surface area contributed by atoms with Crippen LogP contribution in [0.2, 0.25) is 0 Å².